The summed E-state index contributed by atoms with van der Waals surface area (Å²) in [4.78, 5) is 5.05. The zero-order valence-corrected chi connectivity index (χ0v) is 13.0. The molecule has 1 fully saturated rings. The van der Waals surface area contributed by atoms with Crippen LogP contribution >= 0.6 is 12.2 Å². The normalized spacial score (nSPS) is 20.2. The molecule has 0 saturated carbocycles. The van der Waals surface area contributed by atoms with E-state index < -0.39 is 0 Å². The highest BCUT2D eigenvalue weighted by atomic mass is 32.1. The first kappa shape index (κ1) is 15.4. The van der Waals surface area contributed by atoms with E-state index in [-0.39, 0.29) is 6.10 Å². The average molecular weight is 293 g/mol. The molecule has 5 heteroatoms. The van der Waals surface area contributed by atoms with Crippen LogP contribution in [0.5, 0.6) is 0 Å². The van der Waals surface area contributed by atoms with Gasteiger partial charge in [-0.05, 0) is 25.7 Å². The lowest BCUT2D eigenvalue weighted by molar-refractivity contribution is -0.0333. The number of ether oxygens (including phenoxy) is 1. The van der Waals surface area contributed by atoms with Gasteiger partial charge >= 0.3 is 0 Å². The highest BCUT2D eigenvalue weighted by Crippen LogP contribution is 2.10. The van der Waals surface area contributed by atoms with Crippen molar-refractivity contribution in [2.75, 3.05) is 40.3 Å². The molecular weight excluding hydrogens is 270 g/mol. The van der Waals surface area contributed by atoms with E-state index in [1.807, 2.05) is 12.1 Å². The Morgan fingerprint density at radius 1 is 1.55 bits per heavy atom. The Morgan fingerprint density at radius 3 is 3.05 bits per heavy atom. The predicted octanol–water partition coefficient (Wildman–Crippen LogP) is 1.08. The average Bonchev–Trinajstić information content (AvgIpc) is 2.38. The highest BCUT2D eigenvalue weighted by Gasteiger charge is 2.19. The molecule has 0 aromatic heterocycles. The molecule has 0 radical (unpaired) electrons. The summed E-state index contributed by atoms with van der Waals surface area (Å²) >= 11 is 5.02. The van der Waals surface area contributed by atoms with Crippen molar-refractivity contribution in [3.63, 3.8) is 0 Å². The lowest BCUT2D eigenvalue weighted by Crippen LogP contribution is -2.45. The molecule has 2 N–H and O–H groups in total. The summed E-state index contributed by atoms with van der Waals surface area (Å²) in [5, 5.41) is 0. The van der Waals surface area contributed by atoms with E-state index in [1.54, 1.807) is 0 Å². The van der Waals surface area contributed by atoms with E-state index in [9.17, 15) is 0 Å². The second-order valence-corrected chi connectivity index (χ2v) is 5.96. The van der Waals surface area contributed by atoms with E-state index in [1.165, 1.54) is 5.56 Å². The van der Waals surface area contributed by atoms with Crippen LogP contribution < -0.4 is 5.73 Å². The number of thiocarbonyl (C=S) groups is 1. The molecule has 1 saturated heterocycles. The third kappa shape index (κ3) is 4.52. The molecule has 0 aliphatic carbocycles. The number of morpholine rings is 1. The van der Waals surface area contributed by atoms with Crippen molar-refractivity contribution in [3.05, 3.63) is 35.4 Å². The number of rotatable bonds is 5. The summed E-state index contributed by atoms with van der Waals surface area (Å²) in [5.74, 6) is 0. The van der Waals surface area contributed by atoms with Crippen LogP contribution in [0.3, 0.4) is 0 Å². The summed E-state index contributed by atoms with van der Waals surface area (Å²) in [5.41, 5.74) is 7.82. The van der Waals surface area contributed by atoms with E-state index in [2.05, 4.69) is 36.0 Å². The maximum atomic E-state index is 5.79. The van der Waals surface area contributed by atoms with Crippen molar-refractivity contribution in [3.8, 4) is 0 Å². The number of likely N-dealkylation sites (N-methyl/N-ethyl adjacent to an activating group) is 2. The van der Waals surface area contributed by atoms with Gasteiger partial charge < -0.3 is 15.4 Å². The zero-order chi connectivity index (χ0) is 14.5. The predicted molar refractivity (Wildman–Crippen MR) is 85.9 cm³/mol. The van der Waals surface area contributed by atoms with Crippen molar-refractivity contribution in [1.82, 2.24) is 9.80 Å². The third-order valence-corrected chi connectivity index (χ3v) is 3.76. The second kappa shape index (κ2) is 7.13. The molecule has 1 heterocycles. The second-order valence-electron chi connectivity index (χ2n) is 5.52. The largest absolute Gasteiger partial charge is 0.389 e. The van der Waals surface area contributed by atoms with Gasteiger partial charge in [0.05, 0.1) is 12.7 Å². The summed E-state index contributed by atoms with van der Waals surface area (Å²) in [6, 6.07) is 8.12. The first-order valence-electron chi connectivity index (χ1n) is 6.92. The summed E-state index contributed by atoms with van der Waals surface area (Å²) in [7, 11) is 4.26. The fourth-order valence-electron chi connectivity index (χ4n) is 2.52. The first-order valence-corrected chi connectivity index (χ1v) is 7.33. The first-order chi connectivity index (χ1) is 9.54. The Balaban J connectivity index is 1.89. The van der Waals surface area contributed by atoms with Crippen molar-refractivity contribution < 1.29 is 4.74 Å². The summed E-state index contributed by atoms with van der Waals surface area (Å²) < 4.78 is 5.79. The smallest absolute Gasteiger partial charge is 0.103 e. The Labute approximate surface area is 126 Å². The van der Waals surface area contributed by atoms with Crippen LogP contribution in [0.25, 0.3) is 0 Å². The van der Waals surface area contributed by atoms with Crippen LogP contribution in [0, 0.1) is 0 Å². The van der Waals surface area contributed by atoms with E-state index in [4.69, 9.17) is 22.7 Å². The number of hydrogen-bond donors (Lipinski definition) is 1. The molecule has 0 amide bonds. The Bertz CT molecular complexity index is 466. The molecular formula is C15H23N3OS. The molecule has 1 aliphatic heterocycles. The molecule has 1 unspecified atom stereocenters. The SMILES string of the molecule is CN1CCOC(CN(C)Cc2cccc(C(N)=S)c2)C1. The molecule has 1 aromatic rings. The van der Waals surface area contributed by atoms with Gasteiger partial charge in [-0.15, -0.1) is 0 Å². The van der Waals surface area contributed by atoms with E-state index in [0.29, 0.717) is 4.99 Å². The van der Waals surface area contributed by atoms with Crippen molar-refractivity contribution in [2.45, 2.75) is 12.6 Å². The van der Waals surface area contributed by atoms with Crippen LogP contribution in [0.4, 0.5) is 0 Å². The van der Waals surface area contributed by atoms with E-state index in [0.717, 1.165) is 38.3 Å². The van der Waals surface area contributed by atoms with Gasteiger partial charge in [0.2, 0.25) is 0 Å². The number of nitrogens with two attached hydrogens (primary N) is 1. The molecule has 1 aromatic carbocycles. The molecule has 2 rings (SSSR count). The fraction of sp³-hybridized carbons (Fsp3) is 0.533. The van der Waals surface area contributed by atoms with Gasteiger partial charge in [-0.2, -0.15) is 0 Å². The van der Waals surface area contributed by atoms with E-state index >= 15 is 0 Å². The molecule has 1 aliphatic rings. The standard InChI is InChI=1S/C15H23N3OS/c1-17-6-7-19-14(10-17)11-18(2)9-12-4-3-5-13(8-12)15(16)20/h3-5,8,14H,6-7,9-11H2,1-2H3,(H2,16,20). The quantitative estimate of drug-likeness (QED) is 0.823. The maximum Gasteiger partial charge on any atom is 0.103 e. The molecule has 0 spiro atoms. The summed E-state index contributed by atoms with van der Waals surface area (Å²) in [6.45, 7) is 4.65. The van der Waals surface area contributed by atoms with Crippen LogP contribution in [-0.2, 0) is 11.3 Å². The maximum absolute atomic E-state index is 5.79. The molecule has 110 valence electrons. The summed E-state index contributed by atoms with van der Waals surface area (Å²) in [6.07, 6.45) is 0.289. The highest BCUT2D eigenvalue weighted by molar-refractivity contribution is 7.80. The van der Waals surface area contributed by atoms with Crippen LogP contribution in [-0.4, -0.2) is 61.2 Å². The van der Waals surface area contributed by atoms with Gasteiger partial charge in [0.15, 0.2) is 0 Å². The molecule has 0 bridgehead atoms. The van der Waals surface area contributed by atoms with Gasteiger partial charge in [0.25, 0.3) is 0 Å². The Morgan fingerprint density at radius 2 is 2.35 bits per heavy atom. The van der Waals surface area contributed by atoms with Crippen molar-refractivity contribution in [1.29, 1.82) is 0 Å². The molecule has 20 heavy (non-hydrogen) atoms. The fourth-order valence-corrected chi connectivity index (χ4v) is 2.65. The Hall–Kier alpha value is -1.01. The van der Waals surface area contributed by atoms with Gasteiger partial charge in [0.1, 0.15) is 4.99 Å². The topological polar surface area (TPSA) is 41.7 Å². The lowest BCUT2D eigenvalue weighted by Gasteiger charge is -2.32. The minimum absolute atomic E-state index is 0.289. The van der Waals surface area contributed by atoms with Crippen LogP contribution in [0.2, 0.25) is 0 Å². The van der Waals surface area contributed by atoms with Gasteiger partial charge in [-0.25, -0.2) is 0 Å². The monoisotopic (exact) mass is 293 g/mol. The number of nitrogens with zero attached hydrogens (tertiary/aromatic N) is 2. The minimum Gasteiger partial charge on any atom is -0.389 e. The van der Waals surface area contributed by atoms with Crippen molar-refractivity contribution >= 4 is 17.2 Å². The van der Waals surface area contributed by atoms with Gasteiger partial charge in [-0.3, -0.25) is 4.90 Å². The number of benzene rings is 1. The minimum atomic E-state index is 0.289. The van der Waals surface area contributed by atoms with Crippen molar-refractivity contribution in [2.24, 2.45) is 5.73 Å². The number of hydrogen-bond acceptors (Lipinski definition) is 4. The molecule has 1 atom stereocenters. The van der Waals surface area contributed by atoms with Gasteiger partial charge in [-0.1, -0.05) is 30.4 Å². The Kier molecular flexibility index (Phi) is 5.48. The van der Waals surface area contributed by atoms with Crippen LogP contribution in [0.1, 0.15) is 11.1 Å². The lowest BCUT2D eigenvalue weighted by atomic mass is 10.1. The van der Waals surface area contributed by atoms with Gasteiger partial charge in [0, 0.05) is 31.7 Å². The van der Waals surface area contributed by atoms with Crippen LogP contribution in [0.15, 0.2) is 24.3 Å². The molecule has 4 nitrogen and oxygen atoms in total. The third-order valence-electron chi connectivity index (χ3n) is 3.52. The zero-order valence-electron chi connectivity index (χ0n) is 12.2.